The summed E-state index contributed by atoms with van der Waals surface area (Å²) >= 11 is 6.43. The number of hydrogen-bond donors (Lipinski definition) is 1. The normalized spacial score (nSPS) is 12.0. The minimum atomic E-state index is 0.461. The molecule has 0 fully saturated rings. The summed E-state index contributed by atoms with van der Waals surface area (Å²) in [6.45, 7) is 7.60. The Bertz CT molecular complexity index is 673. The van der Waals surface area contributed by atoms with Crippen LogP contribution in [-0.4, -0.2) is 13.2 Å². The van der Waals surface area contributed by atoms with Crippen molar-refractivity contribution < 1.29 is 9.47 Å². The summed E-state index contributed by atoms with van der Waals surface area (Å²) in [6.07, 6.45) is 1.09. The van der Waals surface area contributed by atoms with Gasteiger partial charge < -0.3 is 14.8 Å². The molecule has 0 saturated heterocycles. The smallest absolute Gasteiger partial charge is 0.180 e. The van der Waals surface area contributed by atoms with Gasteiger partial charge in [-0.15, -0.1) is 0 Å². The van der Waals surface area contributed by atoms with Crippen molar-refractivity contribution in [2.45, 2.75) is 46.4 Å². The zero-order valence-corrected chi connectivity index (χ0v) is 15.6. The number of halogens is 1. The lowest BCUT2D eigenvalue weighted by Crippen LogP contribution is -2.24. The average Bonchev–Trinajstić information content (AvgIpc) is 2.58. The van der Waals surface area contributed by atoms with Gasteiger partial charge >= 0.3 is 0 Å². The molecular weight excluding hydrogens is 322 g/mol. The van der Waals surface area contributed by atoms with Crippen LogP contribution in [0.5, 0.6) is 11.5 Å². The molecular formula is C20H26ClNO2. The van der Waals surface area contributed by atoms with Crippen LogP contribution < -0.4 is 14.8 Å². The van der Waals surface area contributed by atoms with Crippen molar-refractivity contribution in [1.29, 1.82) is 0 Å². The van der Waals surface area contributed by atoms with Gasteiger partial charge in [0.25, 0.3) is 0 Å². The van der Waals surface area contributed by atoms with E-state index in [0.29, 0.717) is 29.2 Å². The van der Waals surface area contributed by atoms with E-state index in [-0.39, 0.29) is 0 Å². The first-order valence-corrected chi connectivity index (χ1v) is 8.69. The second-order valence-corrected chi connectivity index (χ2v) is 6.48. The summed E-state index contributed by atoms with van der Waals surface area (Å²) in [6, 6.07) is 12.6. The second-order valence-electron chi connectivity index (χ2n) is 6.08. The highest BCUT2D eigenvalue weighted by Crippen LogP contribution is 2.37. The summed E-state index contributed by atoms with van der Waals surface area (Å²) in [5, 5.41) is 4.03. The van der Waals surface area contributed by atoms with E-state index in [1.807, 2.05) is 24.3 Å². The Morgan fingerprint density at radius 1 is 1.17 bits per heavy atom. The van der Waals surface area contributed by atoms with Crippen molar-refractivity contribution in [3.63, 3.8) is 0 Å². The molecule has 0 bridgehead atoms. The molecule has 0 spiro atoms. The molecule has 24 heavy (non-hydrogen) atoms. The first-order valence-electron chi connectivity index (χ1n) is 8.31. The van der Waals surface area contributed by atoms with Crippen LogP contribution in [0.2, 0.25) is 5.02 Å². The van der Waals surface area contributed by atoms with Crippen LogP contribution in [0.15, 0.2) is 36.4 Å². The first kappa shape index (κ1) is 18.6. The Balaban J connectivity index is 2.11. The number of benzene rings is 2. The third-order valence-corrected chi connectivity index (χ3v) is 4.30. The van der Waals surface area contributed by atoms with Crippen LogP contribution in [0.3, 0.4) is 0 Å². The van der Waals surface area contributed by atoms with Crippen LogP contribution in [0.1, 0.15) is 37.0 Å². The van der Waals surface area contributed by atoms with Gasteiger partial charge in [-0.25, -0.2) is 0 Å². The monoisotopic (exact) mass is 347 g/mol. The fraction of sp³-hybridized carbons (Fsp3) is 0.400. The summed E-state index contributed by atoms with van der Waals surface area (Å²) in [5.74, 6) is 1.25. The Morgan fingerprint density at radius 3 is 2.62 bits per heavy atom. The third-order valence-electron chi connectivity index (χ3n) is 4.02. The van der Waals surface area contributed by atoms with E-state index in [1.165, 1.54) is 5.56 Å². The molecule has 0 aliphatic rings. The SMILES string of the molecule is CC[C@@H](C)NCc1cc(Cl)c(OCc2cccc(C)c2)c(OC)c1. The van der Waals surface area contributed by atoms with E-state index >= 15 is 0 Å². The number of hydrogen-bond acceptors (Lipinski definition) is 3. The van der Waals surface area contributed by atoms with Crippen LogP contribution in [0, 0.1) is 6.92 Å². The molecule has 2 rings (SSSR count). The van der Waals surface area contributed by atoms with Crippen molar-refractivity contribution in [1.82, 2.24) is 5.32 Å². The highest BCUT2D eigenvalue weighted by Gasteiger charge is 2.13. The number of nitrogens with one attached hydrogen (secondary N) is 1. The Hall–Kier alpha value is -1.71. The molecule has 0 radical (unpaired) electrons. The zero-order valence-electron chi connectivity index (χ0n) is 14.9. The molecule has 0 aromatic heterocycles. The maximum atomic E-state index is 6.43. The average molecular weight is 348 g/mol. The Morgan fingerprint density at radius 2 is 1.96 bits per heavy atom. The van der Waals surface area contributed by atoms with E-state index in [4.69, 9.17) is 21.1 Å². The van der Waals surface area contributed by atoms with Gasteiger partial charge in [-0.3, -0.25) is 0 Å². The summed E-state index contributed by atoms with van der Waals surface area (Å²) in [4.78, 5) is 0. The van der Waals surface area contributed by atoms with Crippen LogP contribution in [0.25, 0.3) is 0 Å². The second kappa shape index (κ2) is 8.95. The predicted octanol–water partition coefficient (Wildman–Crippen LogP) is 5.12. The highest BCUT2D eigenvalue weighted by molar-refractivity contribution is 6.32. The highest BCUT2D eigenvalue weighted by atomic mass is 35.5. The van der Waals surface area contributed by atoms with E-state index < -0.39 is 0 Å². The molecule has 1 atom stereocenters. The van der Waals surface area contributed by atoms with Crippen LogP contribution in [0.4, 0.5) is 0 Å². The Labute approximate surface area is 149 Å². The fourth-order valence-corrected chi connectivity index (χ4v) is 2.70. The fourth-order valence-electron chi connectivity index (χ4n) is 2.41. The molecule has 0 amide bonds. The van der Waals surface area contributed by atoms with Crippen molar-refractivity contribution in [3.05, 3.63) is 58.1 Å². The van der Waals surface area contributed by atoms with Gasteiger partial charge in [-0.2, -0.15) is 0 Å². The quantitative estimate of drug-likeness (QED) is 0.718. The summed E-state index contributed by atoms with van der Waals surface area (Å²) in [7, 11) is 1.64. The minimum absolute atomic E-state index is 0.461. The maximum Gasteiger partial charge on any atom is 0.180 e. The molecule has 1 N–H and O–H groups in total. The van der Waals surface area contributed by atoms with Crippen molar-refractivity contribution in [2.75, 3.05) is 7.11 Å². The molecule has 0 saturated carbocycles. The number of rotatable bonds is 8. The van der Waals surface area contributed by atoms with E-state index in [9.17, 15) is 0 Å². The lowest BCUT2D eigenvalue weighted by molar-refractivity contribution is 0.284. The largest absolute Gasteiger partial charge is 0.493 e. The minimum Gasteiger partial charge on any atom is -0.493 e. The van der Waals surface area contributed by atoms with Gasteiger partial charge in [-0.05, 0) is 43.5 Å². The van der Waals surface area contributed by atoms with Gasteiger partial charge in [0.05, 0.1) is 12.1 Å². The van der Waals surface area contributed by atoms with Crippen molar-refractivity contribution >= 4 is 11.6 Å². The number of ether oxygens (including phenoxy) is 2. The molecule has 3 nitrogen and oxygen atoms in total. The molecule has 0 unspecified atom stereocenters. The number of aryl methyl sites for hydroxylation is 1. The lowest BCUT2D eigenvalue weighted by atomic mass is 10.1. The third kappa shape index (κ3) is 5.15. The molecule has 4 heteroatoms. The molecule has 0 aliphatic carbocycles. The topological polar surface area (TPSA) is 30.5 Å². The molecule has 130 valence electrons. The van der Waals surface area contributed by atoms with Gasteiger partial charge in [-0.1, -0.05) is 48.4 Å². The molecule has 2 aromatic rings. The van der Waals surface area contributed by atoms with E-state index in [1.54, 1.807) is 7.11 Å². The van der Waals surface area contributed by atoms with Crippen molar-refractivity contribution in [3.8, 4) is 11.5 Å². The maximum absolute atomic E-state index is 6.43. The summed E-state index contributed by atoms with van der Waals surface area (Å²) < 4.78 is 11.4. The van der Waals surface area contributed by atoms with Gasteiger partial charge in [0.1, 0.15) is 6.61 Å². The molecule has 0 heterocycles. The van der Waals surface area contributed by atoms with E-state index in [2.05, 4.69) is 38.2 Å². The standard InChI is InChI=1S/C20H26ClNO2/c1-5-15(3)22-12-17-10-18(21)20(19(11-17)23-4)24-13-16-8-6-7-14(2)9-16/h6-11,15,22H,5,12-13H2,1-4H3/t15-/m1/s1. The van der Waals surface area contributed by atoms with Crippen LogP contribution in [-0.2, 0) is 13.2 Å². The number of methoxy groups -OCH3 is 1. The summed E-state index contributed by atoms with van der Waals surface area (Å²) in [5.41, 5.74) is 3.40. The lowest BCUT2D eigenvalue weighted by Gasteiger charge is -2.16. The predicted molar refractivity (Wildman–Crippen MR) is 100 cm³/mol. The van der Waals surface area contributed by atoms with Gasteiger partial charge in [0.2, 0.25) is 0 Å². The van der Waals surface area contributed by atoms with Gasteiger partial charge in [0, 0.05) is 12.6 Å². The molecule has 0 aliphatic heterocycles. The Kier molecular flexibility index (Phi) is 6.95. The van der Waals surface area contributed by atoms with Crippen molar-refractivity contribution in [2.24, 2.45) is 0 Å². The van der Waals surface area contributed by atoms with Crippen LogP contribution >= 0.6 is 11.6 Å². The zero-order chi connectivity index (χ0) is 17.5. The first-order chi connectivity index (χ1) is 11.5. The van der Waals surface area contributed by atoms with Gasteiger partial charge in [0.15, 0.2) is 11.5 Å². The van der Waals surface area contributed by atoms with E-state index in [0.717, 1.165) is 24.1 Å². The molecule has 2 aromatic carbocycles.